The van der Waals surface area contributed by atoms with Crippen LogP contribution in [0.5, 0.6) is 0 Å². The topological polar surface area (TPSA) is 76.8 Å². The quantitative estimate of drug-likeness (QED) is 0.702. The summed E-state index contributed by atoms with van der Waals surface area (Å²) < 4.78 is 5.40. The Kier molecular flexibility index (Phi) is 5.75. The Hall–Kier alpha value is -2.98. The monoisotopic (exact) mass is 483 g/mol. The Morgan fingerprint density at radius 1 is 1.11 bits per heavy atom. The molecule has 0 amide bonds. The highest BCUT2D eigenvalue weighted by Gasteiger charge is 2.43. The van der Waals surface area contributed by atoms with Gasteiger partial charge < -0.3 is 14.7 Å². The van der Waals surface area contributed by atoms with Gasteiger partial charge in [0, 0.05) is 55.0 Å². The maximum absolute atomic E-state index is 14.0. The summed E-state index contributed by atoms with van der Waals surface area (Å²) in [5.41, 5.74) is 8.62. The van der Waals surface area contributed by atoms with Crippen LogP contribution >= 0.6 is 0 Å². The molecule has 6 heteroatoms. The van der Waals surface area contributed by atoms with Crippen molar-refractivity contribution < 1.29 is 14.6 Å². The van der Waals surface area contributed by atoms with Crippen molar-refractivity contribution in [2.45, 2.75) is 44.6 Å². The summed E-state index contributed by atoms with van der Waals surface area (Å²) in [5.74, 6) is 0.0920. The number of Topliss-reactive ketones (excluding diaryl/α,β-unsaturated/α-hetero) is 1. The zero-order valence-electron chi connectivity index (χ0n) is 21.1. The first kappa shape index (κ1) is 23.4. The van der Waals surface area contributed by atoms with Crippen molar-refractivity contribution in [3.05, 3.63) is 69.3 Å². The number of piperazine rings is 1. The largest absolute Gasteiger partial charge is 0.396 e. The normalized spacial score (nSPS) is 21.1. The minimum Gasteiger partial charge on any atom is -0.396 e. The van der Waals surface area contributed by atoms with Gasteiger partial charge in [0.2, 0.25) is 0 Å². The van der Waals surface area contributed by atoms with Crippen molar-refractivity contribution in [2.24, 2.45) is 0 Å². The van der Waals surface area contributed by atoms with Crippen molar-refractivity contribution >= 4 is 17.0 Å². The lowest BCUT2D eigenvalue weighted by atomic mass is 9.68. The first-order chi connectivity index (χ1) is 17.4. The smallest absolute Gasteiger partial charge is 0.193 e. The number of allylic oxidation sites excluding steroid dienone is 2. The van der Waals surface area contributed by atoms with Gasteiger partial charge in [-0.25, -0.2) is 0 Å². The molecule has 0 spiro atoms. The fourth-order valence-electron chi connectivity index (χ4n) is 6.45. The zero-order chi connectivity index (χ0) is 25.0. The first-order valence-electron chi connectivity index (χ1n) is 13.1. The van der Waals surface area contributed by atoms with E-state index in [1.807, 2.05) is 18.2 Å². The Morgan fingerprint density at radius 3 is 2.56 bits per heavy atom. The number of benzene rings is 2. The van der Waals surface area contributed by atoms with Crippen LogP contribution in [-0.4, -0.2) is 67.8 Å². The lowest BCUT2D eigenvalue weighted by Gasteiger charge is -2.44. The number of nitriles is 1. The molecule has 2 heterocycles. The maximum Gasteiger partial charge on any atom is 0.193 e. The number of hydrogen-bond donors (Lipinski definition) is 1. The van der Waals surface area contributed by atoms with Crippen LogP contribution in [0.3, 0.4) is 0 Å². The van der Waals surface area contributed by atoms with E-state index in [0.29, 0.717) is 24.4 Å². The van der Waals surface area contributed by atoms with E-state index in [-0.39, 0.29) is 17.8 Å². The fourth-order valence-corrected chi connectivity index (χ4v) is 6.45. The van der Waals surface area contributed by atoms with Crippen molar-refractivity contribution in [3.8, 4) is 6.07 Å². The van der Waals surface area contributed by atoms with Crippen molar-refractivity contribution in [1.82, 2.24) is 4.90 Å². The highest BCUT2D eigenvalue weighted by Crippen LogP contribution is 2.51. The number of anilines is 1. The molecule has 2 aromatic carbocycles. The van der Waals surface area contributed by atoms with E-state index >= 15 is 0 Å². The molecule has 0 bridgehead atoms. The number of aliphatic hydroxyl groups excluding tert-OH is 1. The molecular formula is C30H33N3O3. The van der Waals surface area contributed by atoms with Gasteiger partial charge in [0.05, 0.1) is 30.9 Å². The molecule has 4 aliphatic rings. The van der Waals surface area contributed by atoms with Crippen LogP contribution in [-0.2, 0) is 23.0 Å². The molecule has 2 aliphatic heterocycles. The average molecular weight is 484 g/mol. The van der Waals surface area contributed by atoms with Crippen molar-refractivity contribution in [1.29, 1.82) is 5.26 Å². The Balaban J connectivity index is 1.39. The number of ether oxygens (including phenoxy) is 1. The summed E-state index contributed by atoms with van der Waals surface area (Å²) in [4.78, 5) is 19.0. The minimum atomic E-state index is -0.292. The number of carbonyl (C=O) groups is 1. The molecular weight excluding hydrogens is 450 g/mol. The van der Waals surface area contributed by atoms with E-state index in [0.717, 1.165) is 84.8 Å². The number of carbonyl (C=O) groups excluding carboxylic acids is 1. The summed E-state index contributed by atoms with van der Waals surface area (Å²) in [7, 11) is 0. The summed E-state index contributed by atoms with van der Waals surface area (Å²) in [6, 6.07) is 12.9. The van der Waals surface area contributed by atoms with Crippen LogP contribution in [0.1, 0.15) is 58.4 Å². The molecule has 2 aliphatic carbocycles. The van der Waals surface area contributed by atoms with Crippen LogP contribution in [0.25, 0.3) is 5.57 Å². The van der Waals surface area contributed by atoms with Crippen molar-refractivity contribution in [2.75, 3.05) is 50.9 Å². The van der Waals surface area contributed by atoms with E-state index in [4.69, 9.17) is 4.74 Å². The number of rotatable bonds is 5. The van der Waals surface area contributed by atoms with E-state index in [1.165, 1.54) is 5.69 Å². The van der Waals surface area contributed by atoms with Crippen LogP contribution in [0.15, 0.2) is 35.9 Å². The Labute approximate surface area is 212 Å². The molecule has 2 aromatic rings. The third-order valence-electron chi connectivity index (χ3n) is 8.69. The van der Waals surface area contributed by atoms with Crippen LogP contribution in [0.2, 0.25) is 0 Å². The number of hydrogen-bond acceptors (Lipinski definition) is 6. The van der Waals surface area contributed by atoms with Gasteiger partial charge in [0.15, 0.2) is 5.78 Å². The minimum absolute atomic E-state index is 0.0920. The molecule has 1 N–H and O–H groups in total. The predicted octanol–water partition coefficient (Wildman–Crippen LogP) is 3.49. The van der Waals surface area contributed by atoms with Gasteiger partial charge in [-0.05, 0) is 71.4 Å². The van der Waals surface area contributed by atoms with E-state index in [1.54, 1.807) is 0 Å². The predicted molar refractivity (Wildman–Crippen MR) is 139 cm³/mol. The molecule has 0 radical (unpaired) electrons. The summed E-state index contributed by atoms with van der Waals surface area (Å²) in [6.07, 6.45) is 2.14. The zero-order valence-corrected chi connectivity index (χ0v) is 21.1. The lowest BCUT2D eigenvalue weighted by Crippen LogP contribution is -2.56. The van der Waals surface area contributed by atoms with E-state index < -0.39 is 0 Å². The molecule has 0 saturated carbocycles. The van der Waals surface area contributed by atoms with Crippen molar-refractivity contribution in [3.63, 3.8) is 0 Å². The van der Waals surface area contributed by atoms with Gasteiger partial charge in [-0.2, -0.15) is 5.26 Å². The summed E-state index contributed by atoms with van der Waals surface area (Å²) in [6.45, 7) is 10.2. The second kappa shape index (κ2) is 8.85. The lowest BCUT2D eigenvalue weighted by molar-refractivity contribution is -0.0660. The molecule has 0 aromatic heterocycles. The highest BCUT2D eigenvalue weighted by molar-refractivity contribution is 6.33. The second-order valence-corrected chi connectivity index (χ2v) is 11.0. The fraction of sp³-hybridized carbons (Fsp3) is 0.467. The van der Waals surface area contributed by atoms with Gasteiger partial charge in [-0.15, -0.1) is 0 Å². The Morgan fingerprint density at radius 2 is 1.89 bits per heavy atom. The van der Waals surface area contributed by atoms with Crippen LogP contribution in [0.4, 0.5) is 5.69 Å². The SMILES string of the molecule is CC1(C)C2=C(C(=O)c3cc(CCCO)c(N4CCN(C5COC5)CC4)cc31)c1ccc(C#N)cc1C2. The third-order valence-corrected chi connectivity index (χ3v) is 8.69. The van der Waals surface area contributed by atoms with Gasteiger partial charge in [0.25, 0.3) is 0 Å². The van der Waals surface area contributed by atoms with E-state index in [2.05, 4.69) is 41.8 Å². The molecule has 6 rings (SSSR count). The number of fused-ring (bicyclic) bond motifs is 3. The molecule has 0 atom stereocenters. The molecule has 36 heavy (non-hydrogen) atoms. The molecule has 6 nitrogen and oxygen atoms in total. The molecule has 2 fully saturated rings. The number of aryl methyl sites for hydroxylation is 1. The van der Waals surface area contributed by atoms with E-state index in [9.17, 15) is 15.2 Å². The number of nitrogens with zero attached hydrogens (tertiary/aromatic N) is 3. The summed E-state index contributed by atoms with van der Waals surface area (Å²) >= 11 is 0. The maximum atomic E-state index is 14.0. The molecule has 186 valence electrons. The molecule has 0 unspecified atom stereocenters. The van der Waals surface area contributed by atoms with Gasteiger partial charge in [-0.3, -0.25) is 9.69 Å². The van der Waals surface area contributed by atoms with Crippen LogP contribution < -0.4 is 4.90 Å². The average Bonchev–Trinajstić information content (AvgIpc) is 3.25. The standard InChI is InChI=1S/C30H33N3O3/c1-30(2)25-15-27(33-9-7-32(8-10-33)22-17-36-18-22)20(4-3-11-34)13-24(25)29(35)28-23-6-5-19(16-31)12-21(23)14-26(28)30/h5-6,12-13,15,22,34H,3-4,7-11,14,17-18H2,1-2H3. The Bertz CT molecular complexity index is 1310. The number of aliphatic hydroxyl groups is 1. The third kappa shape index (κ3) is 3.61. The first-order valence-corrected chi connectivity index (χ1v) is 13.1. The number of ketones is 1. The summed E-state index contributed by atoms with van der Waals surface area (Å²) in [5, 5.41) is 19.0. The van der Waals surface area contributed by atoms with Gasteiger partial charge >= 0.3 is 0 Å². The van der Waals surface area contributed by atoms with Gasteiger partial charge in [-0.1, -0.05) is 19.9 Å². The van der Waals surface area contributed by atoms with Crippen LogP contribution in [0, 0.1) is 11.3 Å². The second-order valence-electron chi connectivity index (χ2n) is 11.0. The highest BCUT2D eigenvalue weighted by atomic mass is 16.5. The molecule has 2 saturated heterocycles. The van der Waals surface area contributed by atoms with Gasteiger partial charge in [0.1, 0.15) is 0 Å².